The summed E-state index contributed by atoms with van der Waals surface area (Å²) in [5, 5.41) is 22.3. The molecule has 0 aliphatic carbocycles. The maximum absolute atomic E-state index is 11.4. The molecule has 0 fully saturated rings. The molecule has 8 heteroatoms. The fourth-order valence-corrected chi connectivity index (χ4v) is 3.48. The number of para-hydroxylation sites is 1. The minimum Gasteiger partial charge on any atom is -0.334 e. The van der Waals surface area contributed by atoms with E-state index in [2.05, 4.69) is 0 Å². The van der Waals surface area contributed by atoms with Crippen LogP contribution in [0.25, 0.3) is 0 Å². The molecule has 7 nitrogen and oxygen atoms in total. The van der Waals surface area contributed by atoms with Crippen LogP contribution < -0.4 is 4.90 Å². The maximum atomic E-state index is 11.4. The van der Waals surface area contributed by atoms with Crippen LogP contribution in [0.2, 0.25) is 0 Å². The van der Waals surface area contributed by atoms with Gasteiger partial charge in [0, 0.05) is 28.9 Å². The summed E-state index contributed by atoms with van der Waals surface area (Å²) in [6.07, 6.45) is 0. The number of rotatable bonds is 3. The fraction of sp³-hybridized carbons (Fsp3) is 0.143. The summed E-state index contributed by atoms with van der Waals surface area (Å²) in [5.74, 6) is 0.709. The van der Waals surface area contributed by atoms with E-state index >= 15 is 0 Å². The van der Waals surface area contributed by atoms with Crippen LogP contribution >= 0.6 is 11.8 Å². The van der Waals surface area contributed by atoms with Gasteiger partial charge in [0.1, 0.15) is 5.69 Å². The number of benzene rings is 2. The number of nitro benzene ring substituents is 2. The van der Waals surface area contributed by atoms with E-state index in [4.69, 9.17) is 0 Å². The number of thioether (sulfide) groups is 1. The second kappa shape index (κ2) is 5.64. The van der Waals surface area contributed by atoms with Gasteiger partial charge in [0.05, 0.1) is 15.9 Å². The summed E-state index contributed by atoms with van der Waals surface area (Å²) >= 11 is 1.40. The van der Waals surface area contributed by atoms with Crippen molar-refractivity contribution in [3.63, 3.8) is 0 Å². The van der Waals surface area contributed by atoms with Gasteiger partial charge in [0.2, 0.25) is 0 Å². The predicted molar refractivity (Wildman–Crippen MR) is 83.9 cm³/mol. The van der Waals surface area contributed by atoms with E-state index in [0.717, 1.165) is 11.8 Å². The summed E-state index contributed by atoms with van der Waals surface area (Å²) in [6, 6.07) is 11.7. The normalized spacial score (nSPS) is 13.5. The SMILES string of the molecule is O=[N+]([O-])c1cc2c(c([N+](=O)[O-])c1)N(c1ccccc1)CCS2. The monoisotopic (exact) mass is 317 g/mol. The third kappa shape index (κ3) is 2.48. The first-order valence-electron chi connectivity index (χ1n) is 6.50. The van der Waals surface area contributed by atoms with Crippen molar-refractivity contribution < 1.29 is 9.85 Å². The number of non-ortho nitro benzene ring substituents is 1. The van der Waals surface area contributed by atoms with Crippen molar-refractivity contribution >= 4 is 34.5 Å². The van der Waals surface area contributed by atoms with Crippen molar-refractivity contribution in [1.82, 2.24) is 0 Å². The number of hydrogen-bond donors (Lipinski definition) is 0. The van der Waals surface area contributed by atoms with Gasteiger partial charge in [0.25, 0.3) is 5.69 Å². The molecular formula is C14H11N3O4S. The molecule has 0 N–H and O–H groups in total. The molecule has 0 aromatic heterocycles. The lowest BCUT2D eigenvalue weighted by Gasteiger charge is -2.30. The highest BCUT2D eigenvalue weighted by atomic mass is 32.2. The van der Waals surface area contributed by atoms with Crippen molar-refractivity contribution in [3.05, 3.63) is 62.7 Å². The first kappa shape index (κ1) is 14.3. The van der Waals surface area contributed by atoms with Gasteiger partial charge in [-0.15, -0.1) is 11.8 Å². The van der Waals surface area contributed by atoms with Gasteiger partial charge >= 0.3 is 5.69 Å². The topological polar surface area (TPSA) is 89.5 Å². The Morgan fingerprint density at radius 1 is 1.05 bits per heavy atom. The van der Waals surface area contributed by atoms with Crippen molar-refractivity contribution in [3.8, 4) is 0 Å². The number of anilines is 2. The molecule has 0 bridgehead atoms. The molecular weight excluding hydrogens is 306 g/mol. The second-order valence-corrected chi connectivity index (χ2v) is 5.80. The third-order valence-electron chi connectivity index (χ3n) is 3.36. The quantitative estimate of drug-likeness (QED) is 0.632. The van der Waals surface area contributed by atoms with Gasteiger partial charge < -0.3 is 4.90 Å². The van der Waals surface area contributed by atoms with Crippen molar-refractivity contribution in [2.24, 2.45) is 0 Å². The van der Waals surface area contributed by atoms with Crippen molar-refractivity contribution in [1.29, 1.82) is 0 Å². The summed E-state index contributed by atoms with van der Waals surface area (Å²) in [7, 11) is 0. The van der Waals surface area contributed by atoms with Crippen LogP contribution in [-0.2, 0) is 0 Å². The molecule has 0 saturated carbocycles. The van der Waals surface area contributed by atoms with E-state index < -0.39 is 9.85 Å². The lowest BCUT2D eigenvalue weighted by atomic mass is 10.2. The standard InChI is InChI=1S/C14H11N3O4S/c18-16(19)11-8-12(17(20)21)14-13(9-11)22-7-6-15(14)10-4-2-1-3-5-10/h1-5,8-9H,6-7H2. The summed E-state index contributed by atoms with van der Waals surface area (Å²) in [4.78, 5) is 23.6. The Kier molecular flexibility index (Phi) is 3.68. The van der Waals surface area contributed by atoms with Crippen LogP contribution in [0.4, 0.5) is 22.7 Å². The lowest BCUT2D eigenvalue weighted by Crippen LogP contribution is -2.25. The Labute approximate surface area is 129 Å². The van der Waals surface area contributed by atoms with Crippen molar-refractivity contribution in [2.75, 3.05) is 17.2 Å². The molecule has 0 saturated heterocycles. The summed E-state index contributed by atoms with van der Waals surface area (Å²) < 4.78 is 0. The second-order valence-electron chi connectivity index (χ2n) is 4.66. The predicted octanol–water partition coefficient (Wildman–Crippen LogP) is 3.75. The van der Waals surface area contributed by atoms with E-state index in [-0.39, 0.29) is 11.4 Å². The molecule has 1 aliphatic heterocycles. The molecule has 0 radical (unpaired) electrons. The molecule has 0 spiro atoms. The van der Waals surface area contributed by atoms with Crippen LogP contribution in [-0.4, -0.2) is 22.1 Å². The largest absolute Gasteiger partial charge is 0.334 e. The number of hydrogen-bond acceptors (Lipinski definition) is 6. The first-order valence-corrected chi connectivity index (χ1v) is 7.48. The Balaban J connectivity index is 2.21. The Morgan fingerprint density at radius 3 is 2.41 bits per heavy atom. The average molecular weight is 317 g/mol. The van der Waals surface area contributed by atoms with E-state index in [1.165, 1.54) is 17.8 Å². The maximum Gasteiger partial charge on any atom is 0.300 e. The zero-order valence-electron chi connectivity index (χ0n) is 11.3. The zero-order valence-corrected chi connectivity index (χ0v) is 12.2. The van der Waals surface area contributed by atoms with Gasteiger partial charge in [-0.1, -0.05) is 18.2 Å². The molecule has 3 rings (SSSR count). The van der Waals surface area contributed by atoms with Gasteiger partial charge in [-0.2, -0.15) is 0 Å². The zero-order chi connectivity index (χ0) is 15.7. The van der Waals surface area contributed by atoms with Gasteiger partial charge in [0.15, 0.2) is 0 Å². The third-order valence-corrected chi connectivity index (χ3v) is 4.37. The smallest absolute Gasteiger partial charge is 0.300 e. The highest BCUT2D eigenvalue weighted by Gasteiger charge is 2.31. The molecule has 0 amide bonds. The highest BCUT2D eigenvalue weighted by molar-refractivity contribution is 7.99. The van der Waals surface area contributed by atoms with Crippen molar-refractivity contribution in [2.45, 2.75) is 4.90 Å². The molecule has 2 aromatic rings. The average Bonchev–Trinajstić information content (AvgIpc) is 2.53. The van der Waals surface area contributed by atoms with Gasteiger partial charge in [-0.05, 0) is 12.1 Å². The minimum absolute atomic E-state index is 0.236. The number of nitrogens with zero attached hydrogens (tertiary/aromatic N) is 3. The molecule has 1 aliphatic rings. The van der Waals surface area contributed by atoms with Crippen LogP contribution in [0, 0.1) is 20.2 Å². The number of fused-ring (bicyclic) bond motifs is 1. The lowest BCUT2D eigenvalue weighted by molar-refractivity contribution is -0.394. The van der Waals surface area contributed by atoms with E-state index in [1.54, 1.807) is 0 Å². The molecule has 2 aromatic carbocycles. The molecule has 1 heterocycles. The summed E-state index contributed by atoms with van der Waals surface area (Å²) in [6.45, 7) is 0.611. The summed E-state index contributed by atoms with van der Waals surface area (Å²) in [5.41, 5.74) is 0.771. The minimum atomic E-state index is -0.602. The Morgan fingerprint density at radius 2 is 1.77 bits per heavy atom. The van der Waals surface area contributed by atoms with E-state index in [0.29, 0.717) is 22.9 Å². The number of nitro groups is 2. The molecule has 112 valence electrons. The van der Waals surface area contributed by atoms with E-state index in [1.807, 2.05) is 35.2 Å². The van der Waals surface area contributed by atoms with Crippen LogP contribution in [0.1, 0.15) is 0 Å². The van der Waals surface area contributed by atoms with Gasteiger partial charge in [-0.25, -0.2) is 0 Å². The Bertz CT molecular complexity index is 751. The van der Waals surface area contributed by atoms with E-state index in [9.17, 15) is 20.2 Å². The molecule has 22 heavy (non-hydrogen) atoms. The van der Waals surface area contributed by atoms with Crippen LogP contribution in [0.15, 0.2) is 47.4 Å². The fourth-order valence-electron chi connectivity index (χ4n) is 2.43. The van der Waals surface area contributed by atoms with Gasteiger partial charge in [-0.3, -0.25) is 20.2 Å². The first-order chi connectivity index (χ1) is 10.6. The van der Waals surface area contributed by atoms with Crippen LogP contribution in [0.3, 0.4) is 0 Å². The molecule has 0 unspecified atom stereocenters. The Hall–Kier alpha value is -2.61. The highest BCUT2D eigenvalue weighted by Crippen LogP contribution is 2.46. The van der Waals surface area contributed by atoms with Crippen LogP contribution in [0.5, 0.6) is 0 Å². The molecule has 0 atom stereocenters.